The molecule has 6 heteroatoms. The minimum Gasteiger partial charge on any atom is -0.374 e. The van der Waals surface area contributed by atoms with Gasteiger partial charge in [-0.05, 0) is 25.3 Å². The zero-order valence-corrected chi connectivity index (χ0v) is 10.8. The molecule has 2 unspecified atom stereocenters. The lowest BCUT2D eigenvalue weighted by atomic mass is 9.90. The van der Waals surface area contributed by atoms with Crippen LogP contribution in [0.4, 0.5) is 8.78 Å². The van der Waals surface area contributed by atoms with Crippen LogP contribution in [0.1, 0.15) is 26.2 Å². The van der Waals surface area contributed by atoms with E-state index in [1.165, 1.54) is 0 Å². The zero-order chi connectivity index (χ0) is 13.4. The lowest BCUT2D eigenvalue weighted by molar-refractivity contribution is -0.122. The van der Waals surface area contributed by atoms with E-state index in [4.69, 9.17) is 0 Å². The number of hydrogen-bond acceptors (Lipinski definition) is 3. The van der Waals surface area contributed by atoms with Crippen LogP contribution in [-0.2, 0) is 9.53 Å². The molecule has 0 saturated carbocycles. The topological polar surface area (TPSA) is 50.4 Å². The smallest absolute Gasteiger partial charge is 0.261 e. The van der Waals surface area contributed by atoms with Crippen molar-refractivity contribution < 1.29 is 18.3 Å². The molecule has 2 atom stereocenters. The molecule has 0 spiro atoms. The molecular formula is C12H22F2N2O2. The second-order valence-corrected chi connectivity index (χ2v) is 4.70. The lowest BCUT2D eigenvalue weighted by Gasteiger charge is -2.29. The summed E-state index contributed by atoms with van der Waals surface area (Å²) in [4.78, 5) is 11.6. The number of ether oxygens (including phenoxy) is 1. The first-order chi connectivity index (χ1) is 8.59. The molecule has 0 aliphatic carbocycles. The molecule has 0 bridgehead atoms. The molecule has 4 nitrogen and oxygen atoms in total. The van der Waals surface area contributed by atoms with Crippen molar-refractivity contribution in [3.05, 3.63) is 0 Å². The minimum atomic E-state index is -2.45. The average Bonchev–Trinajstić information content (AvgIpc) is 2.31. The summed E-state index contributed by atoms with van der Waals surface area (Å²) in [5.41, 5.74) is 0. The Morgan fingerprint density at radius 2 is 2.33 bits per heavy atom. The predicted molar refractivity (Wildman–Crippen MR) is 64.6 cm³/mol. The molecule has 0 aromatic carbocycles. The highest BCUT2D eigenvalue weighted by Crippen LogP contribution is 2.17. The summed E-state index contributed by atoms with van der Waals surface area (Å²) in [6.45, 7) is 2.93. The highest BCUT2D eigenvalue weighted by molar-refractivity contribution is 5.76. The molecule has 0 radical (unpaired) electrons. The summed E-state index contributed by atoms with van der Waals surface area (Å²) in [5.74, 6) is 0.446. The molecule has 1 aliphatic heterocycles. The van der Waals surface area contributed by atoms with E-state index in [1.54, 1.807) is 0 Å². The number of carbonyl (C=O) groups excluding carboxylic acids is 1. The summed E-state index contributed by atoms with van der Waals surface area (Å²) < 4.78 is 28.2. The molecular weight excluding hydrogens is 242 g/mol. The van der Waals surface area contributed by atoms with E-state index >= 15 is 0 Å². The highest BCUT2D eigenvalue weighted by atomic mass is 19.3. The number of carbonyl (C=O) groups is 1. The summed E-state index contributed by atoms with van der Waals surface area (Å²) in [5, 5.41) is 6.00. The second kappa shape index (κ2) is 8.37. The van der Waals surface area contributed by atoms with E-state index in [0.717, 1.165) is 19.4 Å². The van der Waals surface area contributed by atoms with Crippen LogP contribution in [0.5, 0.6) is 0 Å². The molecule has 106 valence electrons. The van der Waals surface area contributed by atoms with Gasteiger partial charge in [-0.1, -0.05) is 6.92 Å². The first-order valence-corrected chi connectivity index (χ1v) is 6.45. The molecule has 1 amide bonds. The Bertz CT molecular complexity index is 252. The van der Waals surface area contributed by atoms with Gasteiger partial charge in [-0.15, -0.1) is 0 Å². The van der Waals surface area contributed by atoms with E-state index in [2.05, 4.69) is 22.3 Å². The standard InChI is InChI=1S/C12H22F2N2O2/c1-9-3-2-4-15-10(9)7-12(17)16-5-6-18-8-11(13)14/h9-11,15H,2-8H2,1H3,(H,16,17). The quantitative estimate of drug-likeness (QED) is 0.679. The van der Waals surface area contributed by atoms with E-state index in [9.17, 15) is 13.6 Å². The molecule has 1 rings (SSSR count). The van der Waals surface area contributed by atoms with E-state index < -0.39 is 13.0 Å². The Hall–Kier alpha value is -0.750. The van der Waals surface area contributed by atoms with Gasteiger partial charge in [0.05, 0.1) is 6.61 Å². The van der Waals surface area contributed by atoms with E-state index in [1.807, 2.05) is 0 Å². The summed E-state index contributed by atoms with van der Waals surface area (Å²) in [6.07, 6.45) is 0.284. The van der Waals surface area contributed by atoms with Gasteiger partial charge in [-0.25, -0.2) is 8.78 Å². The van der Waals surface area contributed by atoms with Crippen LogP contribution in [-0.4, -0.2) is 44.7 Å². The maximum atomic E-state index is 11.8. The summed E-state index contributed by atoms with van der Waals surface area (Å²) in [6, 6.07) is 0.223. The van der Waals surface area contributed by atoms with Crippen molar-refractivity contribution in [3.8, 4) is 0 Å². The van der Waals surface area contributed by atoms with Gasteiger partial charge in [0, 0.05) is 19.0 Å². The molecule has 1 aliphatic rings. The van der Waals surface area contributed by atoms with Crippen molar-refractivity contribution in [1.29, 1.82) is 0 Å². The average molecular weight is 264 g/mol. The Balaban J connectivity index is 2.06. The van der Waals surface area contributed by atoms with E-state index in [-0.39, 0.29) is 25.1 Å². The third-order valence-electron chi connectivity index (χ3n) is 3.15. The monoisotopic (exact) mass is 264 g/mol. The molecule has 1 heterocycles. The number of amides is 1. The van der Waals surface area contributed by atoms with Gasteiger partial charge < -0.3 is 15.4 Å². The van der Waals surface area contributed by atoms with Crippen molar-refractivity contribution >= 4 is 5.91 Å². The molecule has 0 aromatic rings. The van der Waals surface area contributed by atoms with Gasteiger partial charge >= 0.3 is 0 Å². The van der Waals surface area contributed by atoms with Crippen molar-refractivity contribution in [1.82, 2.24) is 10.6 Å². The fraction of sp³-hybridized carbons (Fsp3) is 0.917. The molecule has 1 fully saturated rings. The van der Waals surface area contributed by atoms with Crippen molar-refractivity contribution in [2.24, 2.45) is 5.92 Å². The van der Waals surface area contributed by atoms with Gasteiger partial charge in [0.25, 0.3) is 6.43 Å². The Kier molecular flexibility index (Phi) is 7.12. The van der Waals surface area contributed by atoms with Crippen molar-refractivity contribution in [2.45, 2.75) is 38.7 Å². The molecule has 1 saturated heterocycles. The van der Waals surface area contributed by atoms with Crippen LogP contribution in [0.25, 0.3) is 0 Å². The Morgan fingerprint density at radius 3 is 3.00 bits per heavy atom. The Labute approximate surface area is 106 Å². The zero-order valence-electron chi connectivity index (χ0n) is 10.8. The first kappa shape index (κ1) is 15.3. The van der Waals surface area contributed by atoms with Crippen molar-refractivity contribution in [3.63, 3.8) is 0 Å². The summed E-state index contributed by atoms with van der Waals surface area (Å²) >= 11 is 0. The maximum absolute atomic E-state index is 11.8. The number of halogens is 2. The number of alkyl halides is 2. The second-order valence-electron chi connectivity index (χ2n) is 4.70. The highest BCUT2D eigenvalue weighted by Gasteiger charge is 2.22. The fourth-order valence-electron chi connectivity index (χ4n) is 2.09. The van der Waals surface area contributed by atoms with Gasteiger partial charge in [0.1, 0.15) is 6.61 Å². The van der Waals surface area contributed by atoms with Gasteiger partial charge in [-0.2, -0.15) is 0 Å². The number of nitrogens with one attached hydrogen (secondary N) is 2. The van der Waals surface area contributed by atoms with Gasteiger partial charge in [0.2, 0.25) is 5.91 Å². The number of rotatable bonds is 7. The first-order valence-electron chi connectivity index (χ1n) is 6.45. The van der Waals surface area contributed by atoms with E-state index in [0.29, 0.717) is 12.3 Å². The third-order valence-corrected chi connectivity index (χ3v) is 3.15. The van der Waals surface area contributed by atoms with Gasteiger partial charge in [0.15, 0.2) is 0 Å². The number of hydrogen-bond donors (Lipinski definition) is 2. The van der Waals surface area contributed by atoms with Crippen LogP contribution in [0.3, 0.4) is 0 Å². The third kappa shape index (κ3) is 6.26. The van der Waals surface area contributed by atoms with Crippen LogP contribution in [0, 0.1) is 5.92 Å². The maximum Gasteiger partial charge on any atom is 0.261 e. The minimum absolute atomic E-state index is 0.0538. The SMILES string of the molecule is CC1CCCNC1CC(=O)NCCOCC(F)F. The summed E-state index contributed by atoms with van der Waals surface area (Å²) in [7, 11) is 0. The Morgan fingerprint density at radius 1 is 1.56 bits per heavy atom. The molecule has 0 aromatic heterocycles. The lowest BCUT2D eigenvalue weighted by Crippen LogP contribution is -2.43. The predicted octanol–water partition coefficient (Wildman–Crippen LogP) is 1.16. The van der Waals surface area contributed by atoms with Crippen LogP contribution < -0.4 is 10.6 Å². The van der Waals surface area contributed by atoms with Crippen LogP contribution >= 0.6 is 0 Å². The number of piperidine rings is 1. The normalized spacial score (nSPS) is 24.2. The fourth-order valence-corrected chi connectivity index (χ4v) is 2.09. The van der Waals surface area contributed by atoms with Crippen LogP contribution in [0.15, 0.2) is 0 Å². The molecule has 18 heavy (non-hydrogen) atoms. The molecule has 2 N–H and O–H groups in total. The largest absolute Gasteiger partial charge is 0.374 e. The van der Waals surface area contributed by atoms with Crippen LogP contribution in [0.2, 0.25) is 0 Å². The van der Waals surface area contributed by atoms with Crippen molar-refractivity contribution in [2.75, 3.05) is 26.3 Å². The van der Waals surface area contributed by atoms with Gasteiger partial charge in [-0.3, -0.25) is 4.79 Å².